The smallest absolute Gasteiger partial charge is 0.242 e. The molecule has 1 amide bonds. The standard InChI is InChI=1S/C12H20N4O/c1-3-13-8-11-14-6-7-16(11)9-12(17)15(2)10-4-5-10/h6-7,10,13H,3-5,8-9H2,1-2H3. The van der Waals surface area contributed by atoms with Gasteiger partial charge in [-0.1, -0.05) is 6.92 Å². The summed E-state index contributed by atoms with van der Waals surface area (Å²) in [6.07, 6.45) is 5.91. The fourth-order valence-corrected chi connectivity index (χ4v) is 1.81. The van der Waals surface area contributed by atoms with E-state index in [2.05, 4.69) is 17.2 Å². The number of carbonyl (C=O) groups is 1. The summed E-state index contributed by atoms with van der Waals surface area (Å²) in [5.41, 5.74) is 0. The summed E-state index contributed by atoms with van der Waals surface area (Å²) in [5, 5.41) is 3.22. The van der Waals surface area contributed by atoms with E-state index in [9.17, 15) is 4.79 Å². The summed E-state index contributed by atoms with van der Waals surface area (Å²) >= 11 is 0. The predicted octanol–water partition coefficient (Wildman–Crippen LogP) is 0.613. The van der Waals surface area contributed by atoms with E-state index >= 15 is 0 Å². The zero-order valence-corrected chi connectivity index (χ0v) is 10.5. The number of imidazole rings is 1. The van der Waals surface area contributed by atoms with Crippen molar-refractivity contribution in [2.45, 2.75) is 38.9 Å². The second kappa shape index (κ2) is 5.31. The number of likely N-dealkylation sites (N-methyl/N-ethyl adjacent to an activating group) is 1. The first-order valence-corrected chi connectivity index (χ1v) is 6.18. The van der Waals surface area contributed by atoms with Crippen LogP contribution in [-0.2, 0) is 17.9 Å². The second-order valence-corrected chi connectivity index (χ2v) is 4.49. The Balaban J connectivity index is 1.92. The summed E-state index contributed by atoms with van der Waals surface area (Å²) in [5.74, 6) is 1.09. The van der Waals surface area contributed by atoms with Crippen LogP contribution in [0.2, 0.25) is 0 Å². The largest absolute Gasteiger partial charge is 0.341 e. The fraction of sp³-hybridized carbons (Fsp3) is 0.667. The van der Waals surface area contributed by atoms with Crippen molar-refractivity contribution < 1.29 is 4.79 Å². The number of amides is 1. The normalized spacial score (nSPS) is 14.9. The molecule has 1 fully saturated rings. The molecule has 0 aliphatic heterocycles. The van der Waals surface area contributed by atoms with Crippen LogP contribution in [0.1, 0.15) is 25.6 Å². The van der Waals surface area contributed by atoms with E-state index in [1.54, 1.807) is 6.20 Å². The van der Waals surface area contributed by atoms with Gasteiger partial charge in [0.2, 0.25) is 5.91 Å². The van der Waals surface area contributed by atoms with Crippen molar-refractivity contribution in [2.75, 3.05) is 13.6 Å². The average molecular weight is 236 g/mol. The molecule has 1 aromatic heterocycles. The fourth-order valence-electron chi connectivity index (χ4n) is 1.81. The molecule has 0 unspecified atom stereocenters. The molecule has 1 aliphatic carbocycles. The Bertz CT molecular complexity index is 384. The lowest BCUT2D eigenvalue weighted by Crippen LogP contribution is -2.32. The van der Waals surface area contributed by atoms with E-state index in [1.165, 1.54) is 0 Å². The molecular formula is C12H20N4O. The van der Waals surface area contributed by atoms with Gasteiger partial charge in [0.15, 0.2) is 0 Å². The highest BCUT2D eigenvalue weighted by Gasteiger charge is 2.29. The predicted molar refractivity (Wildman–Crippen MR) is 65.4 cm³/mol. The van der Waals surface area contributed by atoms with Crippen LogP contribution < -0.4 is 5.32 Å². The molecular weight excluding hydrogens is 216 g/mol. The third kappa shape index (κ3) is 3.06. The highest BCUT2D eigenvalue weighted by atomic mass is 16.2. The van der Waals surface area contributed by atoms with Crippen LogP contribution >= 0.6 is 0 Å². The maximum Gasteiger partial charge on any atom is 0.242 e. The summed E-state index contributed by atoms with van der Waals surface area (Å²) in [6.45, 7) is 4.07. The molecule has 5 heteroatoms. The quantitative estimate of drug-likeness (QED) is 0.787. The van der Waals surface area contributed by atoms with Crippen molar-refractivity contribution >= 4 is 5.91 Å². The number of aromatic nitrogens is 2. The Morgan fingerprint density at radius 3 is 3.06 bits per heavy atom. The minimum atomic E-state index is 0.170. The Morgan fingerprint density at radius 1 is 1.65 bits per heavy atom. The van der Waals surface area contributed by atoms with Gasteiger partial charge in [0, 0.05) is 25.5 Å². The molecule has 1 heterocycles. The van der Waals surface area contributed by atoms with E-state index in [4.69, 9.17) is 0 Å². The number of hydrogen-bond donors (Lipinski definition) is 1. The van der Waals surface area contributed by atoms with Gasteiger partial charge in [0.25, 0.3) is 0 Å². The Morgan fingerprint density at radius 2 is 2.41 bits per heavy atom. The third-order valence-corrected chi connectivity index (χ3v) is 3.13. The molecule has 94 valence electrons. The van der Waals surface area contributed by atoms with E-state index in [0.717, 1.165) is 25.2 Å². The lowest BCUT2D eigenvalue weighted by atomic mass is 10.4. The van der Waals surface area contributed by atoms with Crippen molar-refractivity contribution in [1.29, 1.82) is 0 Å². The van der Waals surface area contributed by atoms with E-state index in [0.29, 0.717) is 19.1 Å². The number of nitrogens with zero attached hydrogens (tertiary/aromatic N) is 3. The van der Waals surface area contributed by atoms with Gasteiger partial charge < -0.3 is 14.8 Å². The number of hydrogen-bond acceptors (Lipinski definition) is 3. The molecule has 0 radical (unpaired) electrons. The molecule has 0 aromatic carbocycles. The first-order chi connectivity index (χ1) is 8.22. The van der Waals surface area contributed by atoms with Crippen LogP contribution in [0, 0.1) is 0 Å². The summed E-state index contributed by atoms with van der Waals surface area (Å²) in [7, 11) is 1.89. The van der Waals surface area contributed by atoms with Crippen molar-refractivity contribution in [3.05, 3.63) is 18.2 Å². The second-order valence-electron chi connectivity index (χ2n) is 4.49. The van der Waals surface area contributed by atoms with Gasteiger partial charge in [0.1, 0.15) is 12.4 Å². The van der Waals surface area contributed by atoms with Gasteiger partial charge >= 0.3 is 0 Å². The topological polar surface area (TPSA) is 50.2 Å². The molecule has 0 atom stereocenters. The average Bonchev–Trinajstić information content (AvgIpc) is 3.08. The summed E-state index contributed by atoms with van der Waals surface area (Å²) in [4.78, 5) is 18.1. The molecule has 1 saturated carbocycles. The number of carbonyl (C=O) groups excluding carboxylic acids is 1. The zero-order valence-electron chi connectivity index (χ0n) is 10.5. The van der Waals surface area contributed by atoms with Crippen LogP contribution in [0.3, 0.4) is 0 Å². The molecule has 1 aromatic rings. The van der Waals surface area contributed by atoms with Crippen LogP contribution in [0.15, 0.2) is 12.4 Å². The zero-order chi connectivity index (χ0) is 12.3. The van der Waals surface area contributed by atoms with E-state index in [1.807, 2.05) is 22.7 Å². The van der Waals surface area contributed by atoms with E-state index < -0.39 is 0 Å². The van der Waals surface area contributed by atoms with Gasteiger partial charge in [-0.3, -0.25) is 4.79 Å². The molecule has 17 heavy (non-hydrogen) atoms. The SMILES string of the molecule is CCNCc1nccn1CC(=O)N(C)C1CC1. The molecule has 0 bridgehead atoms. The van der Waals surface area contributed by atoms with Gasteiger partial charge in [0.05, 0.1) is 6.54 Å². The molecule has 0 saturated heterocycles. The molecule has 1 N–H and O–H groups in total. The Labute approximate surface area is 102 Å². The highest BCUT2D eigenvalue weighted by Crippen LogP contribution is 2.25. The van der Waals surface area contributed by atoms with Gasteiger partial charge in [-0.2, -0.15) is 0 Å². The van der Waals surface area contributed by atoms with Crippen molar-refractivity contribution in [3.8, 4) is 0 Å². The maximum atomic E-state index is 12.0. The van der Waals surface area contributed by atoms with Crippen molar-refractivity contribution in [2.24, 2.45) is 0 Å². The minimum absolute atomic E-state index is 0.170. The van der Waals surface area contributed by atoms with Crippen LogP contribution in [0.5, 0.6) is 0 Å². The lowest BCUT2D eigenvalue weighted by molar-refractivity contribution is -0.131. The number of rotatable bonds is 6. The summed E-state index contributed by atoms with van der Waals surface area (Å²) < 4.78 is 1.92. The monoisotopic (exact) mass is 236 g/mol. The molecule has 0 spiro atoms. The lowest BCUT2D eigenvalue weighted by Gasteiger charge is -2.17. The first kappa shape index (κ1) is 12.1. The third-order valence-electron chi connectivity index (χ3n) is 3.13. The Kier molecular flexibility index (Phi) is 3.78. The van der Waals surface area contributed by atoms with Gasteiger partial charge in [-0.05, 0) is 19.4 Å². The molecule has 2 rings (SSSR count). The van der Waals surface area contributed by atoms with Gasteiger partial charge in [-0.25, -0.2) is 4.98 Å². The number of nitrogens with one attached hydrogen (secondary N) is 1. The first-order valence-electron chi connectivity index (χ1n) is 6.18. The van der Waals surface area contributed by atoms with E-state index in [-0.39, 0.29) is 5.91 Å². The molecule has 5 nitrogen and oxygen atoms in total. The van der Waals surface area contributed by atoms with Crippen LogP contribution in [-0.4, -0.2) is 40.0 Å². The Hall–Kier alpha value is -1.36. The highest BCUT2D eigenvalue weighted by molar-refractivity contribution is 5.76. The summed E-state index contributed by atoms with van der Waals surface area (Å²) in [6, 6.07) is 0.475. The maximum absolute atomic E-state index is 12.0. The molecule has 1 aliphatic rings. The van der Waals surface area contributed by atoms with Crippen molar-refractivity contribution in [3.63, 3.8) is 0 Å². The van der Waals surface area contributed by atoms with Crippen LogP contribution in [0.4, 0.5) is 0 Å². The van der Waals surface area contributed by atoms with Crippen LogP contribution in [0.25, 0.3) is 0 Å². The minimum Gasteiger partial charge on any atom is -0.341 e. The van der Waals surface area contributed by atoms with Gasteiger partial charge in [-0.15, -0.1) is 0 Å². The van der Waals surface area contributed by atoms with Crippen molar-refractivity contribution in [1.82, 2.24) is 19.8 Å².